The van der Waals surface area contributed by atoms with E-state index in [4.69, 9.17) is 29.4 Å². The number of hydrogen-bond donors (Lipinski definition) is 0. The highest BCUT2D eigenvalue weighted by molar-refractivity contribution is 6.12. The van der Waals surface area contributed by atoms with Crippen molar-refractivity contribution in [2.75, 3.05) is 0 Å². The van der Waals surface area contributed by atoms with Crippen molar-refractivity contribution in [3.63, 3.8) is 0 Å². The maximum Gasteiger partial charge on any atom is 0.235 e. The Morgan fingerprint density at radius 3 is 1.26 bits per heavy atom. The second kappa shape index (κ2) is 15.5. The zero-order valence-electron chi connectivity index (χ0n) is 36.8. The molecule has 0 saturated carbocycles. The number of fused-ring (bicyclic) bond motifs is 10. The monoisotopic (exact) mass is 887 g/mol. The summed E-state index contributed by atoms with van der Waals surface area (Å²) in [5, 5.41) is 7.55. The van der Waals surface area contributed by atoms with Gasteiger partial charge < -0.3 is 9.47 Å². The minimum atomic E-state index is 0.534. The molecule has 0 aliphatic carbocycles. The van der Waals surface area contributed by atoms with Crippen LogP contribution in [0.15, 0.2) is 225 Å². The lowest BCUT2D eigenvalue weighted by atomic mass is 10.0. The van der Waals surface area contributed by atoms with Crippen LogP contribution in [-0.2, 0) is 0 Å². The van der Waals surface area contributed by atoms with Crippen LogP contribution >= 0.6 is 0 Å². The third-order valence-electron chi connectivity index (χ3n) is 13.1. The van der Waals surface area contributed by atoms with Crippen LogP contribution in [-0.4, -0.2) is 33.6 Å². The van der Waals surface area contributed by atoms with Gasteiger partial charge in [-0.3, -0.25) is 13.7 Å². The van der Waals surface area contributed by atoms with Gasteiger partial charge in [-0.15, -0.1) is 0 Å². The van der Waals surface area contributed by atoms with Crippen LogP contribution in [0.5, 0.6) is 23.0 Å². The maximum atomic E-state index is 6.78. The third kappa shape index (κ3) is 6.40. The lowest BCUT2D eigenvalue weighted by Crippen LogP contribution is -2.01. The quantitative estimate of drug-likeness (QED) is 0.151. The minimum absolute atomic E-state index is 0.534. The molecule has 0 unspecified atom stereocenters. The topological polar surface area (TPSA) is 84.8 Å². The van der Waals surface area contributed by atoms with E-state index in [9.17, 15) is 0 Å². The Bertz CT molecular complexity index is 4100. The molecule has 9 nitrogen and oxygen atoms in total. The SMILES string of the molecule is c1ccc(-c2ccc3nc(-n4c5cc(Oc6ccc7c8ccccc8n(-c8ccccn8)c7c6)ccc5c5ccc(Oc6ccc7c8ccccc8n(-c8ccccn8)c7c6)cc54)ncc3c2)cc1. The summed E-state index contributed by atoms with van der Waals surface area (Å²) in [6, 6.07) is 70.4. The number of nitrogens with zero attached hydrogens (tertiary/aromatic N) is 7. The van der Waals surface area contributed by atoms with Crippen molar-refractivity contribution >= 4 is 76.3 Å². The first-order chi connectivity index (χ1) is 34.2. The van der Waals surface area contributed by atoms with Crippen molar-refractivity contribution in [1.82, 2.24) is 33.6 Å². The summed E-state index contributed by atoms with van der Waals surface area (Å²) >= 11 is 0. The molecule has 0 saturated heterocycles. The fraction of sp³-hybridized carbons (Fsp3) is 0. The van der Waals surface area contributed by atoms with E-state index in [1.807, 2.05) is 85.3 Å². The van der Waals surface area contributed by atoms with Crippen LogP contribution in [0.1, 0.15) is 0 Å². The molecule has 6 aromatic heterocycles. The number of hydrogen-bond acceptors (Lipinski definition) is 6. The molecule has 324 valence electrons. The second-order valence-corrected chi connectivity index (χ2v) is 17.1. The van der Waals surface area contributed by atoms with Crippen molar-refractivity contribution in [2.45, 2.75) is 0 Å². The summed E-state index contributed by atoms with van der Waals surface area (Å²) in [6.07, 6.45) is 5.56. The van der Waals surface area contributed by atoms with Crippen molar-refractivity contribution in [1.29, 1.82) is 0 Å². The van der Waals surface area contributed by atoms with E-state index in [2.05, 4.69) is 153 Å². The number of pyridine rings is 2. The van der Waals surface area contributed by atoms with E-state index in [1.54, 1.807) is 0 Å². The number of ether oxygens (including phenoxy) is 2. The van der Waals surface area contributed by atoms with Gasteiger partial charge in [-0.25, -0.2) is 19.9 Å². The summed E-state index contributed by atoms with van der Waals surface area (Å²) in [5.74, 6) is 4.98. The molecule has 0 aliphatic heterocycles. The van der Waals surface area contributed by atoms with Crippen LogP contribution in [0.25, 0.3) is 105 Å². The zero-order chi connectivity index (χ0) is 45.4. The third-order valence-corrected chi connectivity index (χ3v) is 13.1. The molecule has 0 aliphatic rings. The molecular formula is C60H37N7O2. The van der Waals surface area contributed by atoms with Gasteiger partial charge in [0.05, 0.1) is 38.6 Å². The van der Waals surface area contributed by atoms with Gasteiger partial charge in [-0.05, 0) is 108 Å². The fourth-order valence-electron chi connectivity index (χ4n) is 10.0. The lowest BCUT2D eigenvalue weighted by Gasteiger charge is -2.11. The predicted molar refractivity (Wildman–Crippen MR) is 277 cm³/mol. The Balaban J connectivity index is 0.902. The van der Waals surface area contributed by atoms with E-state index in [0.29, 0.717) is 28.9 Å². The second-order valence-electron chi connectivity index (χ2n) is 17.1. The Labute approximate surface area is 394 Å². The molecule has 0 radical (unpaired) electrons. The minimum Gasteiger partial charge on any atom is -0.457 e. The fourth-order valence-corrected chi connectivity index (χ4v) is 10.0. The van der Waals surface area contributed by atoms with Gasteiger partial charge in [0.15, 0.2) is 0 Å². The van der Waals surface area contributed by atoms with Gasteiger partial charge in [-0.1, -0.05) is 84.9 Å². The zero-order valence-corrected chi connectivity index (χ0v) is 36.8. The first-order valence-corrected chi connectivity index (χ1v) is 22.8. The van der Waals surface area contributed by atoms with Crippen molar-refractivity contribution < 1.29 is 9.47 Å². The smallest absolute Gasteiger partial charge is 0.235 e. The molecule has 14 aromatic rings. The van der Waals surface area contributed by atoms with E-state index in [-0.39, 0.29) is 0 Å². The molecule has 0 atom stereocenters. The maximum absolute atomic E-state index is 6.78. The Morgan fingerprint density at radius 1 is 0.319 bits per heavy atom. The van der Waals surface area contributed by atoms with Crippen LogP contribution in [0.3, 0.4) is 0 Å². The van der Waals surface area contributed by atoms with E-state index in [0.717, 1.165) is 99.1 Å². The molecule has 0 spiro atoms. The molecule has 0 amide bonds. The van der Waals surface area contributed by atoms with Crippen molar-refractivity contribution in [2.24, 2.45) is 0 Å². The highest BCUT2D eigenvalue weighted by Crippen LogP contribution is 2.40. The first-order valence-electron chi connectivity index (χ1n) is 22.8. The average Bonchev–Trinajstić information content (AvgIpc) is 4.03. The van der Waals surface area contributed by atoms with E-state index >= 15 is 0 Å². The largest absolute Gasteiger partial charge is 0.457 e. The summed E-state index contributed by atoms with van der Waals surface area (Å²) in [4.78, 5) is 19.7. The lowest BCUT2D eigenvalue weighted by molar-refractivity contribution is 0.484. The Morgan fingerprint density at radius 2 is 0.768 bits per heavy atom. The van der Waals surface area contributed by atoms with Crippen LogP contribution in [0, 0.1) is 0 Å². The summed E-state index contributed by atoms with van der Waals surface area (Å²) in [5.41, 5.74) is 9.05. The van der Waals surface area contributed by atoms with Crippen molar-refractivity contribution in [3.05, 3.63) is 225 Å². The van der Waals surface area contributed by atoms with Gasteiger partial charge in [0.25, 0.3) is 0 Å². The first kappa shape index (κ1) is 38.6. The van der Waals surface area contributed by atoms with Gasteiger partial charge in [0.2, 0.25) is 5.95 Å². The van der Waals surface area contributed by atoms with Crippen molar-refractivity contribution in [3.8, 4) is 51.7 Å². The van der Waals surface area contributed by atoms with Gasteiger partial charge in [0, 0.05) is 80.6 Å². The standard InChI is InChI=1S/C60H37N7O2/c1-2-12-38(13-3-1)39-20-29-51-40(32-39)37-63-60(64-51)67-56-35-43(68-41-21-25-47-45-14-4-6-16-52(45)65(54(47)33-41)58-18-8-10-30-61-58)23-27-49(56)50-28-24-44(36-57(50)67)69-42-22-26-48-46-15-5-7-17-53(46)66(55(48)34-42)59-19-9-11-31-62-59/h1-37H. The molecular weight excluding hydrogens is 851 g/mol. The highest BCUT2D eigenvalue weighted by atomic mass is 16.5. The summed E-state index contributed by atoms with van der Waals surface area (Å²) < 4.78 is 20.0. The van der Waals surface area contributed by atoms with Gasteiger partial charge >= 0.3 is 0 Å². The molecule has 6 heterocycles. The number of aromatic nitrogens is 7. The number of para-hydroxylation sites is 2. The average molecular weight is 888 g/mol. The molecule has 0 fully saturated rings. The normalized spacial score (nSPS) is 11.8. The summed E-state index contributed by atoms with van der Waals surface area (Å²) in [6.45, 7) is 0. The molecule has 69 heavy (non-hydrogen) atoms. The Kier molecular flexibility index (Phi) is 8.68. The van der Waals surface area contributed by atoms with Crippen LogP contribution < -0.4 is 9.47 Å². The predicted octanol–water partition coefficient (Wildman–Crippen LogP) is 15.0. The molecule has 9 heteroatoms. The van der Waals surface area contributed by atoms with E-state index in [1.165, 1.54) is 0 Å². The molecule has 0 bridgehead atoms. The summed E-state index contributed by atoms with van der Waals surface area (Å²) in [7, 11) is 0. The molecule has 0 N–H and O–H groups in total. The molecule has 8 aromatic carbocycles. The van der Waals surface area contributed by atoms with Gasteiger partial charge in [0.1, 0.15) is 34.6 Å². The van der Waals surface area contributed by atoms with E-state index < -0.39 is 0 Å². The number of rotatable bonds is 8. The Hall–Kier alpha value is -9.60. The molecule has 14 rings (SSSR count). The van der Waals surface area contributed by atoms with Crippen LogP contribution in [0.2, 0.25) is 0 Å². The highest BCUT2D eigenvalue weighted by Gasteiger charge is 2.20. The number of benzene rings is 8. The van der Waals surface area contributed by atoms with Gasteiger partial charge in [-0.2, -0.15) is 0 Å². The van der Waals surface area contributed by atoms with Crippen LogP contribution in [0.4, 0.5) is 0 Å².